The standard InChI is InChI=1S/C25H27N3O3/c1-2-31-25-11-9-21(16-22(25)19-27-12-14-30-15-13-27)24(29)10-8-20-17-26-28(18-20)23-6-4-3-5-7-23/h3-11,16-18H,2,12-15,19H2,1H3/b10-8+. The first-order chi connectivity index (χ1) is 15.2. The first kappa shape index (κ1) is 21.0. The maximum atomic E-state index is 12.8. The number of nitrogens with zero attached hydrogens (tertiary/aromatic N) is 3. The van der Waals surface area contributed by atoms with Gasteiger partial charge in [-0.25, -0.2) is 4.68 Å². The largest absolute Gasteiger partial charge is 0.494 e. The van der Waals surface area contributed by atoms with Crippen LogP contribution in [0.15, 0.2) is 67.0 Å². The number of carbonyl (C=O) groups is 1. The molecule has 31 heavy (non-hydrogen) atoms. The number of morpholine rings is 1. The molecule has 0 N–H and O–H groups in total. The molecule has 2 aromatic carbocycles. The molecule has 3 aromatic rings. The first-order valence-electron chi connectivity index (χ1n) is 10.6. The van der Waals surface area contributed by atoms with Gasteiger partial charge in [0.15, 0.2) is 5.78 Å². The van der Waals surface area contributed by atoms with Gasteiger partial charge < -0.3 is 9.47 Å². The number of benzene rings is 2. The van der Waals surface area contributed by atoms with Crippen LogP contribution in [0, 0.1) is 0 Å². The molecule has 6 heteroatoms. The minimum Gasteiger partial charge on any atom is -0.494 e. The van der Waals surface area contributed by atoms with Crippen molar-refractivity contribution < 1.29 is 14.3 Å². The van der Waals surface area contributed by atoms with Gasteiger partial charge in [0.05, 0.1) is 31.7 Å². The van der Waals surface area contributed by atoms with E-state index in [0.717, 1.165) is 55.4 Å². The summed E-state index contributed by atoms with van der Waals surface area (Å²) in [7, 11) is 0. The molecule has 0 unspecified atom stereocenters. The number of hydrogen-bond donors (Lipinski definition) is 0. The second-order valence-electron chi connectivity index (χ2n) is 7.40. The van der Waals surface area contributed by atoms with E-state index in [4.69, 9.17) is 9.47 Å². The fourth-order valence-corrected chi connectivity index (χ4v) is 3.57. The average molecular weight is 418 g/mol. The lowest BCUT2D eigenvalue weighted by atomic mass is 10.0. The van der Waals surface area contributed by atoms with Gasteiger partial charge in [0.25, 0.3) is 0 Å². The van der Waals surface area contributed by atoms with Gasteiger partial charge in [0.1, 0.15) is 5.75 Å². The fraction of sp³-hybridized carbons (Fsp3) is 0.280. The molecule has 6 nitrogen and oxygen atoms in total. The molecule has 0 aliphatic carbocycles. The van der Waals surface area contributed by atoms with Crippen LogP contribution in [0.4, 0.5) is 0 Å². The molecular weight excluding hydrogens is 390 g/mol. The Hall–Kier alpha value is -3.22. The van der Waals surface area contributed by atoms with E-state index in [1.54, 1.807) is 23.0 Å². The lowest BCUT2D eigenvalue weighted by Gasteiger charge is -2.27. The first-order valence-corrected chi connectivity index (χ1v) is 10.6. The van der Waals surface area contributed by atoms with Gasteiger partial charge in [-0.05, 0) is 49.4 Å². The highest BCUT2D eigenvalue weighted by atomic mass is 16.5. The molecule has 1 aromatic heterocycles. The zero-order valence-electron chi connectivity index (χ0n) is 17.7. The van der Waals surface area contributed by atoms with Crippen LogP contribution < -0.4 is 4.74 Å². The summed E-state index contributed by atoms with van der Waals surface area (Å²) in [5.41, 5.74) is 3.53. The molecule has 1 aliphatic heterocycles. The van der Waals surface area contributed by atoms with Gasteiger partial charge in [-0.3, -0.25) is 9.69 Å². The van der Waals surface area contributed by atoms with Gasteiger partial charge in [0, 0.05) is 42.5 Å². The number of para-hydroxylation sites is 1. The summed E-state index contributed by atoms with van der Waals surface area (Å²) in [6.07, 6.45) is 7.05. The Bertz CT molecular complexity index is 1040. The highest BCUT2D eigenvalue weighted by molar-refractivity contribution is 6.07. The quantitative estimate of drug-likeness (QED) is 0.410. The molecule has 1 saturated heterocycles. The predicted molar refractivity (Wildman–Crippen MR) is 121 cm³/mol. The molecule has 0 amide bonds. The van der Waals surface area contributed by atoms with Crippen molar-refractivity contribution in [1.29, 1.82) is 0 Å². The molecule has 1 fully saturated rings. The molecule has 0 atom stereocenters. The lowest BCUT2D eigenvalue weighted by molar-refractivity contribution is 0.0338. The van der Waals surface area contributed by atoms with Crippen molar-refractivity contribution >= 4 is 11.9 Å². The van der Waals surface area contributed by atoms with Gasteiger partial charge >= 0.3 is 0 Å². The highest BCUT2D eigenvalue weighted by Gasteiger charge is 2.15. The van der Waals surface area contributed by atoms with Crippen molar-refractivity contribution in [2.45, 2.75) is 13.5 Å². The van der Waals surface area contributed by atoms with Crippen LogP contribution >= 0.6 is 0 Å². The van der Waals surface area contributed by atoms with E-state index in [1.807, 2.05) is 61.7 Å². The van der Waals surface area contributed by atoms with E-state index in [2.05, 4.69) is 10.00 Å². The summed E-state index contributed by atoms with van der Waals surface area (Å²) in [5, 5.41) is 4.37. The van der Waals surface area contributed by atoms with E-state index >= 15 is 0 Å². The van der Waals surface area contributed by atoms with E-state index in [0.29, 0.717) is 12.2 Å². The van der Waals surface area contributed by atoms with Crippen LogP contribution in [0.5, 0.6) is 5.75 Å². The van der Waals surface area contributed by atoms with Crippen LogP contribution in [0.3, 0.4) is 0 Å². The molecule has 0 radical (unpaired) electrons. The number of carbonyl (C=O) groups excluding carboxylic acids is 1. The van der Waals surface area contributed by atoms with Crippen molar-refractivity contribution in [1.82, 2.24) is 14.7 Å². The van der Waals surface area contributed by atoms with Crippen LogP contribution in [0.2, 0.25) is 0 Å². The minimum absolute atomic E-state index is 0.0428. The van der Waals surface area contributed by atoms with E-state index in [-0.39, 0.29) is 5.78 Å². The maximum Gasteiger partial charge on any atom is 0.185 e. The number of ketones is 1. The van der Waals surface area contributed by atoms with Crippen molar-refractivity contribution in [2.75, 3.05) is 32.9 Å². The van der Waals surface area contributed by atoms with Crippen molar-refractivity contribution in [3.63, 3.8) is 0 Å². The van der Waals surface area contributed by atoms with Gasteiger partial charge in [-0.2, -0.15) is 5.10 Å². The molecule has 0 bridgehead atoms. The van der Waals surface area contributed by atoms with Crippen LogP contribution in [0.1, 0.15) is 28.4 Å². The molecule has 1 aliphatic rings. The zero-order valence-corrected chi connectivity index (χ0v) is 17.7. The van der Waals surface area contributed by atoms with Gasteiger partial charge in [-0.15, -0.1) is 0 Å². The Labute approximate surface area is 182 Å². The predicted octanol–water partition coefficient (Wildman–Crippen LogP) is 4.00. The summed E-state index contributed by atoms with van der Waals surface area (Å²) in [5.74, 6) is 0.789. The number of ether oxygens (including phenoxy) is 2. The Balaban J connectivity index is 1.48. The summed E-state index contributed by atoms with van der Waals surface area (Å²) < 4.78 is 13.0. The third-order valence-electron chi connectivity index (χ3n) is 5.19. The number of rotatable bonds is 8. The number of hydrogen-bond acceptors (Lipinski definition) is 5. The zero-order chi connectivity index (χ0) is 21.5. The minimum atomic E-state index is -0.0428. The molecular formula is C25H27N3O3. The highest BCUT2D eigenvalue weighted by Crippen LogP contribution is 2.23. The van der Waals surface area contributed by atoms with E-state index in [1.165, 1.54) is 0 Å². The normalized spacial score (nSPS) is 14.7. The van der Waals surface area contributed by atoms with Crippen LogP contribution in [0.25, 0.3) is 11.8 Å². The summed E-state index contributed by atoms with van der Waals surface area (Å²) in [6, 6.07) is 15.6. The van der Waals surface area contributed by atoms with Gasteiger partial charge in [0.2, 0.25) is 0 Å². The summed E-state index contributed by atoms with van der Waals surface area (Å²) in [6.45, 7) is 6.55. The Kier molecular flexibility index (Phi) is 6.92. The molecule has 4 rings (SSSR count). The Morgan fingerprint density at radius 1 is 1.16 bits per heavy atom. The Morgan fingerprint density at radius 2 is 1.97 bits per heavy atom. The monoisotopic (exact) mass is 417 g/mol. The Morgan fingerprint density at radius 3 is 2.74 bits per heavy atom. The second kappa shape index (κ2) is 10.2. The van der Waals surface area contributed by atoms with Crippen molar-refractivity contribution in [3.8, 4) is 11.4 Å². The topological polar surface area (TPSA) is 56.6 Å². The fourth-order valence-electron chi connectivity index (χ4n) is 3.57. The van der Waals surface area contributed by atoms with E-state index in [9.17, 15) is 4.79 Å². The molecule has 160 valence electrons. The smallest absolute Gasteiger partial charge is 0.185 e. The average Bonchev–Trinajstić information content (AvgIpc) is 3.29. The third-order valence-corrected chi connectivity index (χ3v) is 5.19. The van der Waals surface area contributed by atoms with Crippen LogP contribution in [-0.4, -0.2) is 53.4 Å². The van der Waals surface area contributed by atoms with E-state index < -0.39 is 0 Å². The van der Waals surface area contributed by atoms with Crippen LogP contribution in [-0.2, 0) is 11.3 Å². The van der Waals surface area contributed by atoms with Crippen molar-refractivity contribution in [3.05, 3.63) is 83.7 Å². The summed E-state index contributed by atoms with van der Waals surface area (Å²) in [4.78, 5) is 15.1. The number of allylic oxidation sites excluding steroid dienone is 1. The molecule has 0 saturated carbocycles. The third kappa shape index (κ3) is 5.48. The SMILES string of the molecule is CCOc1ccc(C(=O)/C=C/c2cnn(-c3ccccc3)c2)cc1CN1CCOCC1. The number of aromatic nitrogens is 2. The van der Waals surface area contributed by atoms with Crippen molar-refractivity contribution in [2.24, 2.45) is 0 Å². The van der Waals surface area contributed by atoms with Gasteiger partial charge in [-0.1, -0.05) is 18.2 Å². The molecule has 2 heterocycles. The molecule has 0 spiro atoms. The second-order valence-corrected chi connectivity index (χ2v) is 7.40. The lowest BCUT2D eigenvalue weighted by Crippen LogP contribution is -2.35. The summed E-state index contributed by atoms with van der Waals surface area (Å²) >= 11 is 0. The maximum absolute atomic E-state index is 12.8.